The van der Waals surface area contributed by atoms with Crippen LogP contribution in [0.25, 0.3) is 0 Å². The summed E-state index contributed by atoms with van der Waals surface area (Å²) in [5.74, 6) is 0.518. The van der Waals surface area contributed by atoms with Crippen molar-refractivity contribution in [1.82, 2.24) is 0 Å². The summed E-state index contributed by atoms with van der Waals surface area (Å²) >= 11 is 0. The first kappa shape index (κ1) is 13.1. The molecule has 1 heterocycles. The molecule has 0 radical (unpaired) electrons. The van der Waals surface area contributed by atoms with E-state index in [1.54, 1.807) is 0 Å². The van der Waals surface area contributed by atoms with Gasteiger partial charge in [-0.25, -0.2) is 0 Å². The molecule has 0 aromatic heterocycles. The summed E-state index contributed by atoms with van der Waals surface area (Å²) in [7, 11) is 0. The molecule has 4 rings (SSSR count). The molecule has 22 heavy (non-hydrogen) atoms. The van der Waals surface area contributed by atoms with Crippen molar-refractivity contribution in [2.75, 3.05) is 5.32 Å². The molecule has 0 spiro atoms. The summed E-state index contributed by atoms with van der Waals surface area (Å²) in [6.45, 7) is 0. The number of hydrogen-bond acceptors (Lipinski definition) is 1. The first-order valence-electron chi connectivity index (χ1n) is 7.87. The lowest BCUT2D eigenvalue weighted by Gasteiger charge is -2.21. The van der Waals surface area contributed by atoms with Gasteiger partial charge in [0.1, 0.15) is 0 Å². The third-order valence-corrected chi connectivity index (χ3v) is 4.38. The predicted octanol–water partition coefficient (Wildman–Crippen LogP) is 5.31. The fraction of sp³-hybridized carbons (Fsp3) is 0.143. The molecule has 1 aliphatic rings. The van der Waals surface area contributed by atoms with Crippen LogP contribution in [-0.4, -0.2) is 0 Å². The number of hydrogen-bond donors (Lipinski definition) is 1. The van der Waals surface area contributed by atoms with E-state index in [4.69, 9.17) is 0 Å². The lowest BCUT2D eigenvalue weighted by atomic mass is 9.86. The molecule has 1 nitrogen and oxygen atoms in total. The molecule has 108 valence electrons. The standard InChI is InChI=1S/C21H19N/c1-2-8-18(9-3-1)19-12-16-6-4-10-20(14-16)22-21-11-5-7-17(13-19)15-21/h1-11,14-15,19,22H,12-13H2. The third kappa shape index (κ3) is 2.75. The van der Waals surface area contributed by atoms with E-state index in [2.05, 4.69) is 84.2 Å². The van der Waals surface area contributed by atoms with Gasteiger partial charge in [-0.2, -0.15) is 0 Å². The lowest BCUT2D eigenvalue weighted by Crippen LogP contribution is -2.08. The number of benzene rings is 3. The highest BCUT2D eigenvalue weighted by Crippen LogP contribution is 2.29. The molecule has 0 amide bonds. The van der Waals surface area contributed by atoms with Crippen LogP contribution in [0.2, 0.25) is 0 Å². The van der Waals surface area contributed by atoms with E-state index >= 15 is 0 Å². The summed E-state index contributed by atoms with van der Waals surface area (Å²) in [5, 5.41) is 3.51. The van der Waals surface area contributed by atoms with Crippen LogP contribution in [0.1, 0.15) is 22.6 Å². The van der Waals surface area contributed by atoms with E-state index in [1.807, 2.05) is 0 Å². The van der Waals surface area contributed by atoms with E-state index in [-0.39, 0.29) is 0 Å². The van der Waals surface area contributed by atoms with Crippen LogP contribution in [0.4, 0.5) is 11.4 Å². The van der Waals surface area contributed by atoms with E-state index < -0.39 is 0 Å². The molecule has 4 bridgehead atoms. The Kier molecular flexibility index (Phi) is 3.40. The molecular formula is C21H19N. The second-order valence-corrected chi connectivity index (χ2v) is 6.04. The largest absolute Gasteiger partial charge is 0.356 e. The molecule has 0 atom stereocenters. The molecule has 0 aliphatic carbocycles. The summed E-state index contributed by atoms with van der Waals surface area (Å²) in [5.41, 5.74) is 6.55. The first-order chi connectivity index (χ1) is 10.9. The van der Waals surface area contributed by atoms with E-state index in [9.17, 15) is 0 Å². The van der Waals surface area contributed by atoms with Crippen molar-refractivity contribution in [3.63, 3.8) is 0 Å². The van der Waals surface area contributed by atoms with Crippen molar-refractivity contribution in [1.29, 1.82) is 0 Å². The Bertz CT molecular complexity index is 729. The highest BCUT2D eigenvalue weighted by molar-refractivity contribution is 5.61. The summed E-state index contributed by atoms with van der Waals surface area (Å²) < 4.78 is 0. The Labute approximate surface area is 131 Å². The fourth-order valence-electron chi connectivity index (χ4n) is 3.32. The van der Waals surface area contributed by atoms with Gasteiger partial charge in [-0.3, -0.25) is 0 Å². The molecular weight excluding hydrogens is 266 g/mol. The van der Waals surface area contributed by atoms with Gasteiger partial charge in [0.25, 0.3) is 0 Å². The second kappa shape index (κ2) is 5.69. The minimum atomic E-state index is 0.518. The fourth-order valence-corrected chi connectivity index (χ4v) is 3.32. The van der Waals surface area contributed by atoms with Crippen LogP contribution >= 0.6 is 0 Å². The topological polar surface area (TPSA) is 12.0 Å². The SMILES string of the molecule is c1ccc(C2Cc3cccc(c3)Nc3cccc(c3)C2)cc1. The zero-order valence-corrected chi connectivity index (χ0v) is 12.5. The zero-order chi connectivity index (χ0) is 14.8. The maximum atomic E-state index is 3.51. The minimum Gasteiger partial charge on any atom is -0.356 e. The van der Waals surface area contributed by atoms with E-state index in [0.29, 0.717) is 5.92 Å². The highest BCUT2D eigenvalue weighted by atomic mass is 14.9. The number of nitrogens with one attached hydrogen (secondary N) is 1. The minimum absolute atomic E-state index is 0.518. The Hall–Kier alpha value is -2.54. The Balaban J connectivity index is 1.80. The molecule has 1 N–H and O–H groups in total. The van der Waals surface area contributed by atoms with E-state index in [0.717, 1.165) is 12.8 Å². The molecule has 0 fully saturated rings. The van der Waals surface area contributed by atoms with Gasteiger partial charge in [-0.1, -0.05) is 54.6 Å². The van der Waals surface area contributed by atoms with Crippen LogP contribution in [0.15, 0.2) is 78.9 Å². The van der Waals surface area contributed by atoms with Crippen molar-refractivity contribution in [3.05, 3.63) is 95.6 Å². The van der Waals surface area contributed by atoms with Gasteiger partial charge in [0, 0.05) is 11.4 Å². The third-order valence-electron chi connectivity index (χ3n) is 4.38. The molecule has 0 saturated heterocycles. The Morgan fingerprint density at radius 2 is 1.23 bits per heavy atom. The van der Waals surface area contributed by atoms with Gasteiger partial charge in [0.15, 0.2) is 0 Å². The summed E-state index contributed by atoms with van der Waals surface area (Å²) in [6, 6.07) is 28.4. The van der Waals surface area contributed by atoms with Crippen LogP contribution in [0, 0.1) is 0 Å². The van der Waals surface area contributed by atoms with Gasteiger partial charge in [-0.05, 0) is 59.7 Å². The van der Waals surface area contributed by atoms with Crippen molar-refractivity contribution in [3.8, 4) is 0 Å². The summed E-state index contributed by atoms with van der Waals surface area (Å²) in [6.07, 6.45) is 2.15. The molecule has 3 aromatic rings. The van der Waals surface area contributed by atoms with Crippen LogP contribution in [0.5, 0.6) is 0 Å². The maximum absolute atomic E-state index is 3.51. The Morgan fingerprint density at radius 3 is 1.82 bits per heavy atom. The smallest absolute Gasteiger partial charge is 0.0386 e. The average Bonchev–Trinajstić information content (AvgIpc) is 2.55. The van der Waals surface area contributed by atoms with Crippen LogP contribution in [0.3, 0.4) is 0 Å². The number of rotatable bonds is 1. The molecule has 0 unspecified atom stereocenters. The zero-order valence-electron chi connectivity index (χ0n) is 12.5. The number of fused-ring (bicyclic) bond motifs is 4. The Morgan fingerprint density at radius 1 is 0.636 bits per heavy atom. The quantitative estimate of drug-likeness (QED) is 0.638. The normalized spacial score (nSPS) is 14.2. The lowest BCUT2D eigenvalue weighted by molar-refractivity contribution is 0.680. The molecule has 1 aliphatic heterocycles. The van der Waals surface area contributed by atoms with Gasteiger partial charge in [0.05, 0.1) is 0 Å². The molecule has 3 aromatic carbocycles. The van der Waals surface area contributed by atoms with E-state index in [1.165, 1.54) is 28.1 Å². The second-order valence-electron chi connectivity index (χ2n) is 6.04. The van der Waals surface area contributed by atoms with Crippen LogP contribution < -0.4 is 5.32 Å². The van der Waals surface area contributed by atoms with Crippen molar-refractivity contribution in [2.45, 2.75) is 18.8 Å². The highest BCUT2D eigenvalue weighted by Gasteiger charge is 2.15. The van der Waals surface area contributed by atoms with Gasteiger partial charge in [-0.15, -0.1) is 0 Å². The van der Waals surface area contributed by atoms with Gasteiger partial charge < -0.3 is 5.32 Å². The average molecular weight is 285 g/mol. The number of anilines is 2. The maximum Gasteiger partial charge on any atom is 0.0386 e. The van der Waals surface area contributed by atoms with Crippen LogP contribution in [-0.2, 0) is 12.8 Å². The van der Waals surface area contributed by atoms with Gasteiger partial charge >= 0.3 is 0 Å². The molecule has 0 saturated carbocycles. The molecule has 1 heteroatoms. The summed E-state index contributed by atoms with van der Waals surface area (Å²) in [4.78, 5) is 0. The van der Waals surface area contributed by atoms with Crippen molar-refractivity contribution in [2.24, 2.45) is 0 Å². The van der Waals surface area contributed by atoms with Gasteiger partial charge in [0.2, 0.25) is 0 Å². The monoisotopic (exact) mass is 285 g/mol. The van der Waals surface area contributed by atoms with Crippen molar-refractivity contribution >= 4 is 11.4 Å². The first-order valence-corrected chi connectivity index (χ1v) is 7.87. The van der Waals surface area contributed by atoms with Crippen molar-refractivity contribution < 1.29 is 0 Å². The predicted molar refractivity (Wildman–Crippen MR) is 92.8 cm³/mol.